The molecule has 0 spiro atoms. The van der Waals surface area contributed by atoms with Crippen molar-refractivity contribution in [1.29, 1.82) is 0 Å². The lowest BCUT2D eigenvalue weighted by Gasteiger charge is -2.00. The SMILES string of the molecule is NC(=O)c1ccc2cccc(O)c2n1. The number of carbonyl (C=O) groups excluding carboxylic acids is 1. The number of primary amides is 1. The number of nitrogens with zero attached hydrogens (tertiary/aromatic N) is 1. The molecule has 1 amide bonds. The van der Waals surface area contributed by atoms with Crippen LogP contribution >= 0.6 is 0 Å². The van der Waals surface area contributed by atoms with Crippen molar-refractivity contribution in [1.82, 2.24) is 4.98 Å². The Hall–Kier alpha value is -2.10. The van der Waals surface area contributed by atoms with E-state index in [-0.39, 0.29) is 11.4 Å². The Kier molecular flexibility index (Phi) is 1.81. The molecule has 0 saturated carbocycles. The van der Waals surface area contributed by atoms with Crippen LogP contribution in [0.5, 0.6) is 5.75 Å². The zero-order valence-electron chi connectivity index (χ0n) is 7.27. The molecule has 0 unspecified atom stereocenters. The Balaban J connectivity index is 2.76. The maximum absolute atomic E-state index is 10.8. The minimum atomic E-state index is -0.602. The molecule has 70 valence electrons. The van der Waals surface area contributed by atoms with E-state index in [1.165, 1.54) is 12.1 Å². The molecule has 0 fully saturated rings. The van der Waals surface area contributed by atoms with Gasteiger partial charge in [0.1, 0.15) is 17.0 Å². The van der Waals surface area contributed by atoms with E-state index in [0.29, 0.717) is 5.52 Å². The second-order valence-corrected chi connectivity index (χ2v) is 2.91. The lowest BCUT2D eigenvalue weighted by Crippen LogP contribution is -2.12. The standard InChI is InChI=1S/C10H8N2O2/c11-10(14)7-5-4-6-2-1-3-8(13)9(6)12-7/h1-5,13H,(H2,11,14). The minimum absolute atomic E-state index is 0.0469. The summed E-state index contributed by atoms with van der Waals surface area (Å²) in [6, 6.07) is 8.25. The number of benzene rings is 1. The predicted octanol–water partition coefficient (Wildman–Crippen LogP) is 1.04. The fraction of sp³-hybridized carbons (Fsp3) is 0. The lowest BCUT2D eigenvalue weighted by atomic mass is 10.2. The van der Waals surface area contributed by atoms with E-state index in [9.17, 15) is 9.90 Å². The highest BCUT2D eigenvalue weighted by Gasteiger charge is 2.05. The number of phenols is 1. The van der Waals surface area contributed by atoms with Crippen molar-refractivity contribution in [3.8, 4) is 5.75 Å². The van der Waals surface area contributed by atoms with E-state index in [0.717, 1.165) is 5.39 Å². The molecule has 1 heterocycles. The molecule has 0 radical (unpaired) electrons. The highest BCUT2D eigenvalue weighted by Crippen LogP contribution is 2.21. The first-order valence-corrected chi connectivity index (χ1v) is 4.07. The van der Waals surface area contributed by atoms with Crippen molar-refractivity contribution in [2.24, 2.45) is 5.73 Å². The summed E-state index contributed by atoms with van der Waals surface area (Å²) in [5, 5.41) is 10.2. The van der Waals surface area contributed by atoms with Crippen LogP contribution in [0.4, 0.5) is 0 Å². The van der Waals surface area contributed by atoms with Crippen molar-refractivity contribution in [3.05, 3.63) is 36.0 Å². The number of aromatic hydroxyl groups is 1. The predicted molar refractivity (Wildman–Crippen MR) is 51.9 cm³/mol. The van der Waals surface area contributed by atoms with Crippen molar-refractivity contribution < 1.29 is 9.90 Å². The van der Waals surface area contributed by atoms with E-state index >= 15 is 0 Å². The molecule has 4 nitrogen and oxygen atoms in total. The van der Waals surface area contributed by atoms with Gasteiger partial charge in [-0.1, -0.05) is 18.2 Å². The van der Waals surface area contributed by atoms with Gasteiger partial charge in [0.15, 0.2) is 0 Å². The van der Waals surface area contributed by atoms with Crippen molar-refractivity contribution in [2.45, 2.75) is 0 Å². The van der Waals surface area contributed by atoms with Gasteiger partial charge in [0.25, 0.3) is 5.91 Å². The van der Waals surface area contributed by atoms with E-state index in [1.54, 1.807) is 18.2 Å². The molecule has 0 aliphatic heterocycles. The summed E-state index contributed by atoms with van der Waals surface area (Å²) < 4.78 is 0. The van der Waals surface area contributed by atoms with Crippen LogP contribution in [-0.4, -0.2) is 16.0 Å². The Labute approximate surface area is 80.0 Å². The first-order chi connectivity index (χ1) is 6.68. The number of rotatable bonds is 1. The molecule has 14 heavy (non-hydrogen) atoms. The molecule has 0 aliphatic rings. The van der Waals surface area contributed by atoms with Crippen LogP contribution in [0.25, 0.3) is 10.9 Å². The van der Waals surface area contributed by atoms with Crippen molar-refractivity contribution in [2.75, 3.05) is 0 Å². The van der Waals surface area contributed by atoms with Gasteiger partial charge in [0.05, 0.1) is 0 Å². The van der Waals surface area contributed by atoms with Crippen LogP contribution in [-0.2, 0) is 0 Å². The molecule has 4 heteroatoms. The van der Waals surface area contributed by atoms with Crippen LogP contribution in [0, 0.1) is 0 Å². The largest absolute Gasteiger partial charge is 0.506 e. The van der Waals surface area contributed by atoms with Gasteiger partial charge < -0.3 is 10.8 Å². The molecule has 1 aromatic carbocycles. The monoisotopic (exact) mass is 188 g/mol. The molecule has 2 aromatic rings. The van der Waals surface area contributed by atoms with Gasteiger partial charge in [0, 0.05) is 5.39 Å². The number of hydrogen-bond donors (Lipinski definition) is 2. The fourth-order valence-corrected chi connectivity index (χ4v) is 1.27. The summed E-state index contributed by atoms with van der Waals surface area (Å²) in [4.78, 5) is 14.8. The van der Waals surface area contributed by atoms with Gasteiger partial charge in [-0.2, -0.15) is 0 Å². The quantitative estimate of drug-likeness (QED) is 0.701. The number of aromatic nitrogens is 1. The first-order valence-electron chi connectivity index (χ1n) is 4.07. The average molecular weight is 188 g/mol. The number of fused-ring (bicyclic) bond motifs is 1. The second-order valence-electron chi connectivity index (χ2n) is 2.91. The van der Waals surface area contributed by atoms with Crippen LogP contribution in [0.2, 0.25) is 0 Å². The third-order valence-corrected chi connectivity index (χ3v) is 1.95. The Morgan fingerprint density at radius 1 is 1.29 bits per heavy atom. The van der Waals surface area contributed by atoms with Gasteiger partial charge in [-0.3, -0.25) is 4.79 Å². The number of para-hydroxylation sites is 1. The number of hydrogen-bond acceptors (Lipinski definition) is 3. The van der Waals surface area contributed by atoms with Crippen LogP contribution in [0.1, 0.15) is 10.5 Å². The summed E-state index contributed by atoms with van der Waals surface area (Å²) in [6.07, 6.45) is 0. The first kappa shape index (κ1) is 8.50. The van der Waals surface area contributed by atoms with Crippen molar-refractivity contribution >= 4 is 16.8 Å². The van der Waals surface area contributed by atoms with Gasteiger partial charge in [-0.05, 0) is 12.1 Å². The molecule has 0 bridgehead atoms. The highest BCUT2D eigenvalue weighted by molar-refractivity contribution is 5.94. The number of carbonyl (C=O) groups is 1. The van der Waals surface area contributed by atoms with E-state index in [4.69, 9.17) is 5.73 Å². The van der Waals surface area contributed by atoms with Crippen LogP contribution < -0.4 is 5.73 Å². The maximum atomic E-state index is 10.8. The molecule has 1 aromatic heterocycles. The molecule has 0 atom stereocenters. The van der Waals surface area contributed by atoms with E-state index in [1.807, 2.05) is 0 Å². The summed E-state index contributed by atoms with van der Waals surface area (Å²) in [5.41, 5.74) is 5.62. The van der Waals surface area contributed by atoms with Gasteiger partial charge in [0.2, 0.25) is 0 Å². The fourth-order valence-electron chi connectivity index (χ4n) is 1.27. The zero-order chi connectivity index (χ0) is 10.1. The number of phenolic OH excluding ortho intramolecular Hbond substituents is 1. The molecular weight excluding hydrogens is 180 g/mol. The minimum Gasteiger partial charge on any atom is -0.506 e. The van der Waals surface area contributed by atoms with E-state index in [2.05, 4.69) is 4.98 Å². The number of pyridine rings is 1. The summed E-state index contributed by atoms with van der Waals surface area (Å²) in [6.45, 7) is 0. The van der Waals surface area contributed by atoms with Crippen LogP contribution in [0.3, 0.4) is 0 Å². The second kappa shape index (κ2) is 2.99. The van der Waals surface area contributed by atoms with Crippen molar-refractivity contribution in [3.63, 3.8) is 0 Å². The molecule has 0 saturated heterocycles. The van der Waals surface area contributed by atoms with Gasteiger partial charge >= 0.3 is 0 Å². The molecular formula is C10H8N2O2. The Bertz CT molecular complexity index is 508. The zero-order valence-corrected chi connectivity index (χ0v) is 7.27. The van der Waals surface area contributed by atoms with Gasteiger partial charge in [-0.25, -0.2) is 4.98 Å². The Morgan fingerprint density at radius 2 is 2.07 bits per heavy atom. The molecule has 0 aliphatic carbocycles. The normalized spacial score (nSPS) is 10.3. The van der Waals surface area contributed by atoms with Crippen LogP contribution in [0.15, 0.2) is 30.3 Å². The highest BCUT2D eigenvalue weighted by atomic mass is 16.3. The smallest absolute Gasteiger partial charge is 0.267 e. The van der Waals surface area contributed by atoms with E-state index < -0.39 is 5.91 Å². The number of nitrogens with two attached hydrogens (primary N) is 1. The third kappa shape index (κ3) is 1.26. The topological polar surface area (TPSA) is 76.2 Å². The molecule has 2 rings (SSSR count). The molecule has 3 N–H and O–H groups in total. The summed E-state index contributed by atoms with van der Waals surface area (Å²) in [7, 11) is 0. The maximum Gasteiger partial charge on any atom is 0.267 e. The summed E-state index contributed by atoms with van der Waals surface area (Å²) in [5.74, 6) is -0.555. The average Bonchev–Trinajstić information content (AvgIpc) is 2.18. The lowest BCUT2D eigenvalue weighted by molar-refractivity contribution is 0.0996. The third-order valence-electron chi connectivity index (χ3n) is 1.95. The Morgan fingerprint density at radius 3 is 2.79 bits per heavy atom. The number of amides is 1. The van der Waals surface area contributed by atoms with Gasteiger partial charge in [-0.15, -0.1) is 0 Å². The summed E-state index contributed by atoms with van der Waals surface area (Å²) >= 11 is 0.